The number of hydrogen-bond acceptors (Lipinski definition) is 0. The quantitative estimate of drug-likeness (QED) is 0.509. The molecule has 1 rings (SSSR count). The number of benzene rings is 1. The lowest BCUT2D eigenvalue weighted by atomic mass is 9.79. The van der Waals surface area contributed by atoms with Crippen LogP contribution in [0.4, 0.5) is 13.2 Å². The van der Waals surface area contributed by atoms with Crippen molar-refractivity contribution in [3.05, 3.63) is 35.1 Å². The minimum absolute atomic E-state index is 0.0201. The summed E-state index contributed by atoms with van der Waals surface area (Å²) in [6.45, 7) is 8.18. The molecule has 2 atom stereocenters. The minimum Gasteiger partial charge on any atom is -0.207 e. The van der Waals surface area contributed by atoms with Crippen molar-refractivity contribution >= 4 is 11.6 Å². The van der Waals surface area contributed by atoms with E-state index in [1.54, 1.807) is 0 Å². The second-order valence-corrected chi connectivity index (χ2v) is 6.28. The summed E-state index contributed by atoms with van der Waals surface area (Å²) in [5.74, 6) is -2.83. The molecule has 1 aromatic carbocycles. The maximum absolute atomic E-state index is 13.5. The van der Waals surface area contributed by atoms with Gasteiger partial charge in [0.05, 0.1) is 5.38 Å². The molecule has 0 spiro atoms. The summed E-state index contributed by atoms with van der Waals surface area (Å²) in [7, 11) is 0. The predicted molar refractivity (Wildman–Crippen MR) is 68.1 cm³/mol. The van der Waals surface area contributed by atoms with Gasteiger partial charge in [0, 0.05) is 11.6 Å². The van der Waals surface area contributed by atoms with E-state index in [4.69, 9.17) is 11.6 Å². The Morgan fingerprint density at radius 2 is 1.56 bits per heavy atom. The summed E-state index contributed by atoms with van der Waals surface area (Å²) < 4.78 is 39.4. The van der Waals surface area contributed by atoms with Crippen LogP contribution in [0.3, 0.4) is 0 Å². The van der Waals surface area contributed by atoms with Gasteiger partial charge in [0.1, 0.15) is 5.82 Å². The first kappa shape index (κ1) is 15.4. The van der Waals surface area contributed by atoms with Crippen LogP contribution in [0.25, 0.3) is 0 Å². The largest absolute Gasteiger partial charge is 0.207 e. The van der Waals surface area contributed by atoms with Crippen molar-refractivity contribution in [1.82, 2.24) is 0 Å². The Kier molecular flexibility index (Phi) is 4.71. The van der Waals surface area contributed by atoms with Crippen molar-refractivity contribution in [3.63, 3.8) is 0 Å². The maximum Gasteiger partial charge on any atom is 0.161 e. The van der Waals surface area contributed by atoms with Gasteiger partial charge in [0.25, 0.3) is 0 Å². The first-order valence-electron chi connectivity index (χ1n) is 5.91. The van der Waals surface area contributed by atoms with E-state index in [1.807, 2.05) is 6.92 Å². The minimum atomic E-state index is -1.19. The van der Waals surface area contributed by atoms with Gasteiger partial charge >= 0.3 is 0 Å². The highest BCUT2D eigenvalue weighted by Crippen LogP contribution is 2.37. The Balaban J connectivity index is 2.91. The molecule has 0 saturated heterocycles. The molecule has 0 aliphatic heterocycles. The molecule has 18 heavy (non-hydrogen) atoms. The van der Waals surface area contributed by atoms with Gasteiger partial charge < -0.3 is 0 Å². The van der Waals surface area contributed by atoms with E-state index in [0.717, 1.165) is 6.07 Å². The Labute approximate surface area is 111 Å². The van der Waals surface area contributed by atoms with Gasteiger partial charge in [-0.2, -0.15) is 0 Å². The lowest BCUT2D eigenvalue weighted by Gasteiger charge is -2.29. The zero-order valence-corrected chi connectivity index (χ0v) is 11.8. The van der Waals surface area contributed by atoms with Crippen LogP contribution >= 0.6 is 11.6 Å². The normalized spacial score (nSPS) is 15.6. The molecule has 0 aliphatic carbocycles. The van der Waals surface area contributed by atoms with Crippen LogP contribution in [0, 0.1) is 28.8 Å². The molecule has 4 heteroatoms. The topological polar surface area (TPSA) is 0 Å². The second kappa shape index (κ2) is 5.52. The fraction of sp³-hybridized carbons (Fsp3) is 0.571. The molecule has 0 amide bonds. The van der Waals surface area contributed by atoms with Gasteiger partial charge in [-0.15, -0.1) is 11.6 Å². The predicted octanol–water partition coefficient (Wildman–Crippen LogP) is 5.46. The second-order valence-electron chi connectivity index (χ2n) is 5.76. The Hall–Kier alpha value is -0.700. The first-order valence-corrected chi connectivity index (χ1v) is 6.35. The molecule has 2 unspecified atom stereocenters. The van der Waals surface area contributed by atoms with Gasteiger partial charge in [-0.25, -0.2) is 13.2 Å². The molecule has 0 N–H and O–H groups in total. The lowest BCUT2D eigenvalue weighted by molar-refractivity contribution is 0.244. The molecule has 0 bridgehead atoms. The summed E-state index contributed by atoms with van der Waals surface area (Å²) in [6, 6.07) is 1.39. The van der Waals surface area contributed by atoms with Crippen LogP contribution in [0.2, 0.25) is 0 Å². The van der Waals surface area contributed by atoms with E-state index in [0.29, 0.717) is 12.5 Å². The van der Waals surface area contributed by atoms with Crippen molar-refractivity contribution in [2.24, 2.45) is 11.3 Å². The Morgan fingerprint density at radius 1 is 1.06 bits per heavy atom. The summed E-state index contributed by atoms with van der Waals surface area (Å²) in [5.41, 5.74) is 0.0500. The Bertz CT molecular complexity index is 424. The first-order chi connectivity index (χ1) is 8.12. The molecule has 0 aliphatic rings. The van der Waals surface area contributed by atoms with E-state index in [2.05, 4.69) is 20.8 Å². The van der Waals surface area contributed by atoms with E-state index in [9.17, 15) is 13.2 Å². The fourth-order valence-electron chi connectivity index (χ4n) is 1.57. The SMILES string of the molecule is CC(CC(Cl)c1cc(F)c(F)cc1F)C(C)(C)C. The van der Waals surface area contributed by atoms with E-state index >= 15 is 0 Å². The molecule has 1 aromatic rings. The molecule has 0 nitrogen and oxygen atoms in total. The van der Waals surface area contributed by atoms with Gasteiger partial charge in [0.15, 0.2) is 11.6 Å². The lowest BCUT2D eigenvalue weighted by Crippen LogP contribution is -2.19. The van der Waals surface area contributed by atoms with Crippen LogP contribution in [0.15, 0.2) is 12.1 Å². The molecular weight excluding hydrogens is 261 g/mol. The third kappa shape index (κ3) is 3.64. The molecule has 0 radical (unpaired) electrons. The Morgan fingerprint density at radius 3 is 2.06 bits per heavy atom. The number of hydrogen-bond donors (Lipinski definition) is 0. The molecular formula is C14H18ClF3. The maximum atomic E-state index is 13.5. The summed E-state index contributed by atoms with van der Waals surface area (Å²) in [5, 5.41) is -0.658. The van der Waals surface area contributed by atoms with Crippen molar-refractivity contribution in [1.29, 1.82) is 0 Å². The van der Waals surface area contributed by atoms with Crippen LogP contribution in [-0.4, -0.2) is 0 Å². The number of halogens is 4. The van der Waals surface area contributed by atoms with E-state index < -0.39 is 22.8 Å². The monoisotopic (exact) mass is 278 g/mol. The zero-order valence-electron chi connectivity index (χ0n) is 11.0. The fourth-order valence-corrected chi connectivity index (χ4v) is 2.00. The van der Waals surface area contributed by atoms with Crippen molar-refractivity contribution in [2.45, 2.75) is 39.5 Å². The van der Waals surface area contributed by atoms with Gasteiger partial charge in [-0.1, -0.05) is 27.7 Å². The number of alkyl halides is 1. The average molecular weight is 279 g/mol. The standard InChI is InChI=1S/C14H18ClF3/c1-8(14(2,3)4)5-10(15)9-6-12(17)13(18)7-11(9)16/h6-8,10H,5H2,1-4H3. The summed E-state index contributed by atoms with van der Waals surface area (Å²) in [6.07, 6.45) is 0.507. The van der Waals surface area contributed by atoms with Gasteiger partial charge in [-0.05, 0) is 23.8 Å². The van der Waals surface area contributed by atoms with Crippen molar-refractivity contribution < 1.29 is 13.2 Å². The molecule has 0 saturated carbocycles. The van der Waals surface area contributed by atoms with Crippen LogP contribution < -0.4 is 0 Å². The molecule has 0 fully saturated rings. The van der Waals surface area contributed by atoms with Gasteiger partial charge in [0.2, 0.25) is 0 Å². The third-order valence-electron chi connectivity index (χ3n) is 3.42. The molecule has 102 valence electrons. The van der Waals surface area contributed by atoms with E-state index in [-0.39, 0.29) is 16.9 Å². The summed E-state index contributed by atoms with van der Waals surface area (Å²) >= 11 is 6.11. The van der Waals surface area contributed by atoms with Crippen LogP contribution in [0.5, 0.6) is 0 Å². The van der Waals surface area contributed by atoms with Crippen LogP contribution in [-0.2, 0) is 0 Å². The third-order valence-corrected chi connectivity index (χ3v) is 3.83. The molecule has 0 heterocycles. The van der Waals surface area contributed by atoms with E-state index in [1.165, 1.54) is 0 Å². The highest BCUT2D eigenvalue weighted by molar-refractivity contribution is 6.20. The highest BCUT2D eigenvalue weighted by atomic mass is 35.5. The smallest absolute Gasteiger partial charge is 0.161 e. The van der Waals surface area contributed by atoms with Crippen molar-refractivity contribution in [3.8, 4) is 0 Å². The summed E-state index contributed by atoms with van der Waals surface area (Å²) in [4.78, 5) is 0. The molecule has 0 aromatic heterocycles. The van der Waals surface area contributed by atoms with Gasteiger partial charge in [-0.3, -0.25) is 0 Å². The number of rotatable bonds is 3. The average Bonchev–Trinajstić information content (AvgIpc) is 2.21. The van der Waals surface area contributed by atoms with Crippen molar-refractivity contribution in [2.75, 3.05) is 0 Å². The highest BCUT2D eigenvalue weighted by Gasteiger charge is 2.25. The zero-order chi connectivity index (χ0) is 14.1. The van der Waals surface area contributed by atoms with Crippen LogP contribution in [0.1, 0.15) is 45.1 Å².